The normalized spacial score (nSPS) is 12.2. The van der Waals surface area contributed by atoms with Gasteiger partial charge in [-0.15, -0.1) is 0 Å². The molecule has 108 valence electrons. The van der Waals surface area contributed by atoms with E-state index in [1.165, 1.54) is 5.56 Å². The van der Waals surface area contributed by atoms with Crippen LogP contribution in [0.25, 0.3) is 0 Å². The van der Waals surface area contributed by atoms with Crippen LogP contribution in [0.2, 0.25) is 0 Å². The van der Waals surface area contributed by atoms with Crippen LogP contribution in [0.15, 0.2) is 18.2 Å². The first-order valence-electron chi connectivity index (χ1n) is 6.81. The first kappa shape index (κ1) is 15.8. The smallest absolute Gasteiger partial charge is 0.122 e. The largest absolute Gasteiger partial charge is 0.497 e. The van der Waals surface area contributed by atoms with E-state index in [0.717, 1.165) is 43.7 Å². The summed E-state index contributed by atoms with van der Waals surface area (Å²) >= 11 is 0. The van der Waals surface area contributed by atoms with Crippen molar-refractivity contribution in [1.82, 2.24) is 5.32 Å². The molecule has 19 heavy (non-hydrogen) atoms. The highest BCUT2D eigenvalue weighted by molar-refractivity contribution is 5.38. The van der Waals surface area contributed by atoms with Crippen molar-refractivity contribution in [3.8, 4) is 11.5 Å². The summed E-state index contributed by atoms with van der Waals surface area (Å²) in [7, 11) is 5.30. The molecule has 4 heteroatoms. The summed E-state index contributed by atoms with van der Waals surface area (Å²) < 4.78 is 10.5. The minimum Gasteiger partial charge on any atom is -0.497 e. The maximum absolute atomic E-state index is 6.11. The molecule has 0 aliphatic carbocycles. The van der Waals surface area contributed by atoms with Gasteiger partial charge in [-0.25, -0.2) is 0 Å². The van der Waals surface area contributed by atoms with Gasteiger partial charge in [0.15, 0.2) is 0 Å². The quantitative estimate of drug-likeness (QED) is 0.671. The molecule has 0 amide bonds. The van der Waals surface area contributed by atoms with Crippen molar-refractivity contribution in [3.63, 3.8) is 0 Å². The number of benzene rings is 1. The fraction of sp³-hybridized carbons (Fsp3) is 0.600. The number of nitrogens with one attached hydrogen (secondary N) is 1. The summed E-state index contributed by atoms with van der Waals surface area (Å²) in [4.78, 5) is 0. The van der Waals surface area contributed by atoms with Crippen LogP contribution in [0.1, 0.15) is 24.8 Å². The summed E-state index contributed by atoms with van der Waals surface area (Å²) in [5.41, 5.74) is 7.32. The third-order valence-electron chi connectivity index (χ3n) is 3.22. The third-order valence-corrected chi connectivity index (χ3v) is 3.22. The highest BCUT2D eigenvalue weighted by Crippen LogP contribution is 2.23. The van der Waals surface area contributed by atoms with E-state index >= 15 is 0 Å². The van der Waals surface area contributed by atoms with E-state index in [4.69, 9.17) is 15.2 Å². The van der Waals surface area contributed by atoms with Crippen LogP contribution in [-0.2, 0) is 6.42 Å². The van der Waals surface area contributed by atoms with Crippen molar-refractivity contribution in [2.75, 3.05) is 27.8 Å². The van der Waals surface area contributed by atoms with E-state index in [-0.39, 0.29) is 6.04 Å². The zero-order chi connectivity index (χ0) is 14.1. The lowest BCUT2D eigenvalue weighted by Crippen LogP contribution is -2.22. The highest BCUT2D eigenvalue weighted by atomic mass is 16.5. The van der Waals surface area contributed by atoms with E-state index in [1.54, 1.807) is 14.2 Å². The van der Waals surface area contributed by atoms with Crippen molar-refractivity contribution in [2.45, 2.75) is 31.7 Å². The molecule has 0 spiro atoms. The Morgan fingerprint density at radius 1 is 1.11 bits per heavy atom. The SMILES string of the molecule is CNCCCC(N)CCc1cc(OC)cc(OC)c1. The molecule has 0 radical (unpaired) electrons. The molecule has 0 bridgehead atoms. The second-order valence-electron chi connectivity index (χ2n) is 4.77. The Bertz CT molecular complexity index is 347. The van der Waals surface area contributed by atoms with Crippen LogP contribution < -0.4 is 20.5 Å². The fourth-order valence-corrected chi connectivity index (χ4v) is 2.05. The molecule has 0 heterocycles. The second kappa shape index (κ2) is 8.77. The molecule has 0 aliphatic heterocycles. The molecule has 0 aliphatic rings. The minimum absolute atomic E-state index is 0.255. The van der Waals surface area contributed by atoms with E-state index in [2.05, 4.69) is 5.32 Å². The number of hydrogen-bond acceptors (Lipinski definition) is 4. The molecule has 0 saturated heterocycles. The molecule has 1 atom stereocenters. The first-order valence-corrected chi connectivity index (χ1v) is 6.81. The predicted octanol–water partition coefficient (Wildman–Crippen LogP) is 1.96. The second-order valence-corrected chi connectivity index (χ2v) is 4.77. The van der Waals surface area contributed by atoms with E-state index < -0.39 is 0 Å². The van der Waals surface area contributed by atoms with Gasteiger partial charge in [-0.1, -0.05) is 0 Å². The number of ether oxygens (including phenoxy) is 2. The molecular formula is C15H26N2O2. The third kappa shape index (κ3) is 5.94. The van der Waals surface area contributed by atoms with Gasteiger partial charge in [0.05, 0.1) is 14.2 Å². The molecule has 0 fully saturated rings. The number of aryl methyl sites for hydroxylation is 1. The van der Waals surface area contributed by atoms with Crippen LogP contribution in [0.5, 0.6) is 11.5 Å². The van der Waals surface area contributed by atoms with Gasteiger partial charge in [0, 0.05) is 12.1 Å². The minimum atomic E-state index is 0.255. The number of nitrogens with two attached hydrogens (primary N) is 1. The Labute approximate surface area is 116 Å². The topological polar surface area (TPSA) is 56.5 Å². The van der Waals surface area contributed by atoms with Crippen molar-refractivity contribution in [3.05, 3.63) is 23.8 Å². The zero-order valence-corrected chi connectivity index (χ0v) is 12.2. The van der Waals surface area contributed by atoms with Crippen LogP contribution >= 0.6 is 0 Å². The van der Waals surface area contributed by atoms with Crippen molar-refractivity contribution in [2.24, 2.45) is 5.73 Å². The molecule has 4 nitrogen and oxygen atoms in total. The molecule has 0 saturated carbocycles. The Balaban J connectivity index is 2.47. The Kier molecular flexibility index (Phi) is 7.30. The Hall–Kier alpha value is -1.26. The van der Waals surface area contributed by atoms with Gasteiger partial charge in [-0.2, -0.15) is 0 Å². The van der Waals surface area contributed by atoms with Gasteiger partial charge < -0.3 is 20.5 Å². The summed E-state index contributed by atoms with van der Waals surface area (Å²) in [5.74, 6) is 1.66. The maximum atomic E-state index is 6.11. The Morgan fingerprint density at radius 2 is 1.74 bits per heavy atom. The maximum Gasteiger partial charge on any atom is 0.122 e. The van der Waals surface area contributed by atoms with Gasteiger partial charge in [-0.3, -0.25) is 0 Å². The van der Waals surface area contributed by atoms with Crippen LogP contribution in [0, 0.1) is 0 Å². The summed E-state index contributed by atoms with van der Waals surface area (Å²) in [6.07, 6.45) is 4.12. The lowest BCUT2D eigenvalue weighted by Gasteiger charge is -2.12. The summed E-state index contributed by atoms with van der Waals surface area (Å²) in [5, 5.41) is 3.14. The first-order chi connectivity index (χ1) is 9.19. The predicted molar refractivity (Wildman–Crippen MR) is 79.0 cm³/mol. The number of rotatable bonds is 9. The number of hydrogen-bond donors (Lipinski definition) is 2. The lowest BCUT2D eigenvalue weighted by atomic mass is 10.0. The summed E-state index contributed by atoms with van der Waals surface area (Å²) in [6, 6.07) is 6.23. The van der Waals surface area contributed by atoms with Crippen molar-refractivity contribution >= 4 is 0 Å². The van der Waals surface area contributed by atoms with Gasteiger partial charge in [0.1, 0.15) is 11.5 Å². The molecule has 0 aromatic heterocycles. The fourth-order valence-electron chi connectivity index (χ4n) is 2.05. The van der Waals surface area contributed by atoms with Gasteiger partial charge in [0.25, 0.3) is 0 Å². The van der Waals surface area contributed by atoms with Gasteiger partial charge in [0.2, 0.25) is 0 Å². The van der Waals surface area contributed by atoms with Crippen LogP contribution in [0.4, 0.5) is 0 Å². The Morgan fingerprint density at radius 3 is 2.26 bits per heavy atom. The molecule has 1 aromatic carbocycles. The van der Waals surface area contributed by atoms with E-state index in [0.29, 0.717) is 0 Å². The average molecular weight is 266 g/mol. The zero-order valence-electron chi connectivity index (χ0n) is 12.2. The van der Waals surface area contributed by atoms with E-state index in [9.17, 15) is 0 Å². The number of methoxy groups -OCH3 is 2. The van der Waals surface area contributed by atoms with E-state index in [1.807, 2.05) is 25.2 Å². The van der Waals surface area contributed by atoms with Gasteiger partial charge >= 0.3 is 0 Å². The average Bonchev–Trinajstić information content (AvgIpc) is 2.45. The van der Waals surface area contributed by atoms with Crippen LogP contribution in [-0.4, -0.2) is 33.9 Å². The highest BCUT2D eigenvalue weighted by Gasteiger charge is 2.06. The summed E-state index contributed by atoms with van der Waals surface area (Å²) in [6.45, 7) is 1.03. The molecular weight excluding hydrogens is 240 g/mol. The molecule has 3 N–H and O–H groups in total. The molecule has 1 aromatic rings. The monoisotopic (exact) mass is 266 g/mol. The standard InChI is InChI=1S/C15H26N2O2/c1-17-8-4-5-13(16)7-6-12-9-14(18-2)11-15(10-12)19-3/h9-11,13,17H,4-8,16H2,1-3H3. The van der Waals surface area contributed by atoms with Gasteiger partial charge in [-0.05, 0) is 57.0 Å². The lowest BCUT2D eigenvalue weighted by molar-refractivity contribution is 0.393. The molecule has 1 unspecified atom stereocenters. The molecule has 1 rings (SSSR count). The van der Waals surface area contributed by atoms with Crippen molar-refractivity contribution in [1.29, 1.82) is 0 Å². The van der Waals surface area contributed by atoms with Crippen molar-refractivity contribution < 1.29 is 9.47 Å². The van der Waals surface area contributed by atoms with Crippen LogP contribution in [0.3, 0.4) is 0 Å².